The fraction of sp³-hybridized carbons (Fsp3) is 0.333. The number of rotatable bonds is 6. The number of ether oxygens (including phenoxy) is 1. The lowest BCUT2D eigenvalue weighted by atomic mass is 9.86. The van der Waals surface area contributed by atoms with Gasteiger partial charge in [-0.05, 0) is 36.6 Å². The summed E-state index contributed by atoms with van der Waals surface area (Å²) in [6.07, 6.45) is 1.71. The normalized spacial score (nSPS) is 17.4. The molecule has 0 saturated heterocycles. The van der Waals surface area contributed by atoms with Crippen molar-refractivity contribution < 1.29 is 23.8 Å². The first-order valence-corrected chi connectivity index (χ1v) is 12.8. The van der Waals surface area contributed by atoms with Crippen LogP contribution >= 0.6 is 0 Å². The quantitative estimate of drug-likeness (QED) is 0.260. The smallest absolute Gasteiger partial charge is 0.343 e. The first kappa shape index (κ1) is 25.8. The number of hydrogen-bond acceptors (Lipinski definition) is 9. The molecule has 0 aliphatic carbocycles. The van der Waals surface area contributed by atoms with E-state index in [2.05, 4.69) is 15.6 Å². The minimum atomic E-state index is -1.95. The van der Waals surface area contributed by atoms with Gasteiger partial charge in [-0.15, -0.1) is 5.10 Å². The van der Waals surface area contributed by atoms with Crippen molar-refractivity contribution in [2.24, 2.45) is 5.73 Å². The van der Waals surface area contributed by atoms with Crippen LogP contribution in [0.3, 0.4) is 0 Å². The number of pyridine rings is 2. The maximum atomic E-state index is 14.7. The molecule has 0 fully saturated rings. The van der Waals surface area contributed by atoms with E-state index in [0.717, 1.165) is 11.1 Å². The van der Waals surface area contributed by atoms with Gasteiger partial charge in [-0.25, -0.2) is 18.9 Å². The van der Waals surface area contributed by atoms with Crippen molar-refractivity contribution in [3.8, 4) is 11.4 Å². The average Bonchev–Trinajstić information content (AvgIpc) is 3.55. The minimum absolute atomic E-state index is 0.0236. The van der Waals surface area contributed by atoms with E-state index in [1.165, 1.54) is 10.6 Å². The Morgan fingerprint density at radius 2 is 2.08 bits per heavy atom. The van der Waals surface area contributed by atoms with E-state index >= 15 is 0 Å². The van der Waals surface area contributed by atoms with Gasteiger partial charge in [-0.1, -0.05) is 12.1 Å². The lowest BCUT2D eigenvalue weighted by Gasteiger charge is -2.31. The molecule has 4 N–H and O–H groups in total. The molecule has 0 bridgehead atoms. The van der Waals surface area contributed by atoms with Crippen LogP contribution in [-0.4, -0.2) is 48.1 Å². The summed E-state index contributed by atoms with van der Waals surface area (Å²) in [6, 6.07) is 4.68. The molecule has 13 heteroatoms. The first-order valence-electron chi connectivity index (χ1n) is 12.8. The van der Waals surface area contributed by atoms with E-state index in [-0.39, 0.29) is 61.8 Å². The highest BCUT2D eigenvalue weighted by Crippen LogP contribution is 2.40. The Hall–Kier alpha value is -4.49. The van der Waals surface area contributed by atoms with Gasteiger partial charge in [0.25, 0.3) is 5.56 Å². The Morgan fingerprint density at radius 1 is 1.27 bits per heavy atom. The number of nitrogens with two attached hydrogens (primary N) is 1. The number of aryl methyl sites for hydroxylation is 1. The van der Waals surface area contributed by atoms with Crippen LogP contribution in [0.15, 0.2) is 29.2 Å². The number of aromatic nitrogens is 5. The summed E-state index contributed by atoms with van der Waals surface area (Å²) in [5.74, 6) is -1.55. The summed E-state index contributed by atoms with van der Waals surface area (Å²) in [4.78, 5) is 42.4. The van der Waals surface area contributed by atoms with Gasteiger partial charge in [0, 0.05) is 22.6 Å². The first-order chi connectivity index (χ1) is 19.1. The molecule has 0 unspecified atom stereocenters. The second-order valence-electron chi connectivity index (χ2n) is 10.0. The molecular weight excluding hydrogens is 521 g/mol. The molecule has 2 aliphatic heterocycles. The van der Waals surface area contributed by atoms with Crippen molar-refractivity contribution in [3.63, 3.8) is 0 Å². The van der Waals surface area contributed by atoms with Crippen molar-refractivity contribution in [1.29, 1.82) is 0 Å². The van der Waals surface area contributed by atoms with Gasteiger partial charge in [0.2, 0.25) is 5.91 Å². The van der Waals surface area contributed by atoms with Gasteiger partial charge in [0.15, 0.2) is 5.60 Å². The van der Waals surface area contributed by atoms with Crippen LogP contribution < -0.4 is 16.6 Å². The lowest BCUT2D eigenvalue weighted by Crippen LogP contribution is -2.44. The van der Waals surface area contributed by atoms with Crippen molar-refractivity contribution in [3.05, 3.63) is 74.1 Å². The number of esters is 1. The second-order valence-corrected chi connectivity index (χ2v) is 10.0. The van der Waals surface area contributed by atoms with Crippen molar-refractivity contribution >= 4 is 22.8 Å². The maximum absolute atomic E-state index is 14.7. The van der Waals surface area contributed by atoms with Crippen molar-refractivity contribution in [2.45, 2.75) is 52.1 Å². The fourth-order valence-corrected chi connectivity index (χ4v) is 5.39. The molecule has 40 heavy (non-hydrogen) atoms. The highest BCUT2D eigenvalue weighted by atomic mass is 19.1. The summed E-state index contributed by atoms with van der Waals surface area (Å²) in [7, 11) is 0. The van der Waals surface area contributed by atoms with Gasteiger partial charge in [0.1, 0.15) is 18.1 Å². The van der Waals surface area contributed by atoms with Crippen LogP contribution in [0, 0.1) is 12.7 Å². The number of benzene rings is 1. The SMILES string of the molecule is CC[C@@]1(O)C(=O)OCc2c1cc1n(c2=O)Cc2c-1nc1cc(F)c(C)cc1c2Cn1cc(CNC(=O)CN)nn1. The summed E-state index contributed by atoms with van der Waals surface area (Å²) < 4.78 is 22.9. The van der Waals surface area contributed by atoms with Crippen molar-refractivity contribution in [2.75, 3.05) is 6.54 Å². The van der Waals surface area contributed by atoms with E-state index in [1.807, 2.05) is 0 Å². The third-order valence-corrected chi connectivity index (χ3v) is 7.64. The molecule has 4 aromatic rings. The van der Waals surface area contributed by atoms with Crippen LogP contribution in [0.1, 0.15) is 46.9 Å². The molecule has 2 aliphatic rings. The fourth-order valence-electron chi connectivity index (χ4n) is 5.39. The summed E-state index contributed by atoms with van der Waals surface area (Å²) in [5.41, 5.74) is 7.15. The molecule has 1 atom stereocenters. The van der Waals surface area contributed by atoms with Gasteiger partial charge < -0.3 is 25.5 Å². The Bertz CT molecular complexity index is 1800. The third-order valence-electron chi connectivity index (χ3n) is 7.64. The van der Waals surface area contributed by atoms with Crippen LogP contribution in [0.2, 0.25) is 0 Å². The molecule has 1 amide bonds. The molecule has 206 valence electrons. The van der Waals surface area contributed by atoms with Crippen molar-refractivity contribution in [1.82, 2.24) is 29.9 Å². The van der Waals surface area contributed by atoms with Gasteiger partial charge in [-0.3, -0.25) is 9.59 Å². The highest BCUT2D eigenvalue weighted by molar-refractivity contribution is 5.89. The minimum Gasteiger partial charge on any atom is -0.458 e. The number of carbonyl (C=O) groups excluding carboxylic acids is 2. The zero-order valence-electron chi connectivity index (χ0n) is 21.8. The highest BCUT2D eigenvalue weighted by Gasteiger charge is 2.45. The number of carbonyl (C=O) groups is 2. The summed E-state index contributed by atoms with van der Waals surface area (Å²) in [6.45, 7) is 3.49. The molecule has 6 rings (SSSR count). The Balaban J connectivity index is 1.51. The van der Waals surface area contributed by atoms with E-state index in [4.69, 9.17) is 15.5 Å². The van der Waals surface area contributed by atoms with Crippen LogP contribution in [-0.2, 0) is 46.2 Å². The predicted octanol–water partition coefficient (Wildman–Crippen LogP) is 0.742. The Kier molecular flexibility index (Phi) is 6.00. The molecule has 5 heterocycles. The summed E-state index contributed by atoms with van der Waals surface area (Å²) >= 11 is 0. The topological polar surface area (TPSA) is 167 Å². The van der Waals surface area contributed by atoms with Gasteiger partial charge >= 0.3 is 5.97 Å². The van der Waals surface area contributed by atoms with Crippen LogP contribution in [0.5, 0.6) is 0 Å². The molecule has 0 radical (unpaired) electrons. The largest absolute Gasteiger partial charge is 0.458 e. The predicted molar refractivity (Wildman–Crippen MR) is 139 cm³/mol. The molecular formula is C27H26FN7O5. The molecule has 0 saturated carbocycles. The Morgan fingerprint density at radius 3 is 2.83 bits per heavy atom. The molecule has 1 aromatic carbocycles. The number of cyclic esters (lactones) is 1. The lowest BCUT2D eigenvalue weighted by molar-refractivity contribution is -0.172. The maximum Gasteiger partial charge on any atom is 0.343 e. The van der Waals surface area contributed by atoms with E-state index in [0.29, 0.717) is 33.5 Å². The average molecular weight is 548 g/mol. The van der Waals surface area contributed by atoms with Gasteiger partial charge in [-0.2, -0.15) is 0 Å². The third kappa shape index (κ3) is 3.88. The van der Waals surface area contributed by atoms with Crippen LogP contribution in [0.4, 0.5) is 4.39 Å². The molecule has 3 aromatic heterocycles. The Labute approximate surface area is 226 Å². The van der Waals surface area contributed by atoms with E-state index in [9.17, 15) is 23.9 Å². The van der Waals surface area contributed by atoms with Gasteiger partial charge in [0.05, 0.1) is 54.8 Å². The second kappa shape index (κ2) is 9.31. The number of fused-ring (bicyclic) bond motifs is 5. The number of halogens is 1. The van der Waals surface area contributed by atoms with E-state index in [1.54, 1.807) is 36.9 Å². The zero-order valence-corrected chi connectivity index (χ0v) is 21.8. The zero-order chi connectivity index (χ0) is 28.3. The molecule has 12 nitrogen and oxygen atoms in total. The summed E-state index contributed by atoms with van der Waals surface area (Å²) in [5, 5.41) is 22.8. The standard InChI is InChI=1S/C27H26FN7O5/c1-3-27(39)19-5-22-24-17(11-35(22)25(37)18(19)12-40-26(27)38)16(15-4-13(2)20(28)6-21(15)31-24)10-34-9-14(32-33-34)8-30-23(36)7-29/h4-6,9,39H,3,7-8,10-12,29H2,1-2H3,(H,30,36)/t27-/m0/s1. The van der Waals surface area contributed by atoms with Crippen LogP contribution in [0.25, 0.3) is 22.3 Å². The number of hydrogen-bond donors (Lipinski definition) is 3. The number of amides is 1. The number of nitrogens with one attached hydrogen (secondary N) is 1. The monoisotopic (exact) mass is 547 g/mol. The number of nitrogens with zero attached hydrogens (tertiary/aromatic N) is 5. The molecule has 0 spiro atoms. The van der Waals surface area contributed by atoms with E-state index < -0.39 is 17.4 Å². The number of aliphatic hydroxyl groups is 1.